The second-order valence-electron chi connectivity index (χ2n) is 5.87. The van der Waals surface area contributed by atoms with Crippen LogP contribution in [-0.2, 0) is 0 Å². The average molecular weight is 270 g/mol. The van der Waals surface area contributed by atoms with E-state index in [1.807, 2.05) is 19.9 Å². The fraction of sp³-hybridized carbons (Fsp3) is 0.500. The molecule has 0 aromatic carbocycles. The zero-order chi connectivity index (χ0) is 13.9. The fourth-order valence-corrected chi connectivity index (χ4v) is 3.36. The summed E-state index contributed by atoms with van der Waals surface area (Å²) in [7, 11) is 0. The summed E-state index contributed by atoms with van der Waals surface area (Å²) < 4.78 is 0. The number of hydrogen-bond acceptors (Lipinski definition) is 6. The van der Waals surface area contributed by atoms with Gasteiger partial charge in [0.25, 0.3) is 0 Å². The molecule has 0 spiro atoms. The second kappa shape index (κ2) is 4.02. The lowest BCUT2D eigenvalue weighted by Crippen LogP contribution is -2.22. The molecule has 1 saturated heterocycles. The van der Waals surface area contributed by atoms with Crippen LogP contribution in [-0.4, -0.2) is 34.1 Å². The van der Waals surface area contributed by atoms with Crippen LogP contribution in [0, 0.1) is 25.7 Å². The molecule has 2 aromatic heterocycles. The van der Waals surface area contributed by atoms with Crippen molar-refractivity contribution in [2.75, 3.05) is 24.1 Å². The molecule has 0 amide bonds. The Hall–Kier alpha value is -1.95. The molecule has 2 aromatic rings. The fourth-order valence-electron chi connectivity index (χ4n) is 3.36. The van der Waals surface area contributed by atoms with Crippen LogP contribution >= 0.6 is 0 Å². The van der Waals surface area contributed by atoms with Crippen molar-refractivity contribution < 1.29 is 0 Å². The van der Waals surface area contributed by atoms with E-state index in [0.717, 1.165) is 29.7 Å². The zero-order valence-corrected chi connectivity index (χ0v) is 11.6. The molecule has 6 heteroatoms. The van der Waals surface area contributed by atoms with Crippen LogP contribution in [0.15, 0.2) is 6.07 Å². The summed E-state index contributed by atoms with van der Waals surface area (Å²) in [5.74, 6) is 2.53. The maximum atomic E-state index is 6.08. The highest BCUT2D eigenvalue weighted by atomic mass is 15.2. The molecule has 2 aliphatic rings. The summed E-state index contributed by atoms with van der Waals surface area (Å²) in [6.45, 7) is 6.15. The Labute approximate surface area is 117 Å². The Balaban J connectivity index is 1.71. The average Bonchev–Trinajstić information content (AvgIpc) is 2.82. The molecular formula is C14H18N6. The number of nitrogens with two attached hydrogens (primary N) is 1. The lowest BCUT2D eigenvalue weighted by Gasteiger charge is -2.10. The molecule has 0 bridgehead atoms. The van der Waals surface area contributed by atoms with E-state index in [1.165, 1.54) is 0 Å². The number of fused-ring (bicyclic) bond motifs is 2. The first-order valence-corrected chi connectivity index (χ1v) is 7.02. The summed E-state index contributed by atoms with van der Waals surface area (Å²) in [5, 5.41) is 7.64. The Bertz CT molecular complexity index is 688. The molecule has 3 heterocycles. The van der Waals surface area contributed by atoms with Gasteiger partial charge in [0.15, 0.2) is 5.65 Å². The summed E-state index contributed by atoms with van der Waals surface area (Å²) in [5.41, 5.74) is 8.78. The molecule has 1 saturated carbocycles. The maximum absolute atomic E-state index is 6.08. The SMILES string of the molecule is Cc1cc(C)c2c(N)nc(NC3[C@H]4CNC[C@@H]34)nc2n1. The van der Waals surface area contributed by atoms with E-state index in [-0.39, 0.29) is 0 Å². The molecule has 4 rings (SSSR count). The van der Waals surface area contributed by atoms with E-state index < -0.39 is 0 Å². The summed E-state index contributed by atoms with van der Waals surface area (Å²) in [6, 6.07) is 2.49. The van der Waals surface area contributed by atoms with Crippen LogP contribution in [0.25, 0.3) is 11.0 Å². The topological polar surface area (TPSA) is 88.8 Å². The number of hydrogen-bond donors (Lipinski definition) is 3. The van der Waals surface area contributed by atoms with Gasteiger partial charge in [-0.25, -0.2) is 4.98 Å². The first kappa shape index (κ1) is 11.8. The number of nitrogens with zero attached hydrogens (tertiary/aromatic N) is 3. The molecule has 6 nitrogen and oxygen atoms in total. The number of anilines is 2. The smallest absolute Gasteiger partial charge is 0.226 e. The Morgan fingerprint density at radius 3 is 2.70 bits per heavy atom. The van der Waals surface area contributed by atoms with Gasteiger partial charge in [0.05, 0.1) is 5.39 Å². The van der Waals surface area contributed by atoms with Crippen LogP contribution in [0.2, 0.25) is 0 Å². The molecule has 1 aliphatic heterocycles. The van der Waals surface area contributed by atoms with Crippen molar-refractivity contribution in [3.8, 4) is 0 Å². The highest BCUT2D eigenvalue weighted by Gasteiger charge is 2.53. The van der Waals surface area contributed by atoms with Gasteiger partial charge in [-0.05, 0) is 37.3 Å². The number of nitrogens with one attached hydrogen (secondary N) is 2. The number of rotatable bonds is 2. The molecule has 104 valence electrons. The standard InChI is InChI=1S/C14H18N6/c1-6-3-7(2)17-13-10(6)12(15)19-14(20-13)18-11-8-4-16-5-9(8)11/h3,8-9,11,16H,4-5H2,1-2H3,(H3,15,17,18,19,20)/t8-,9+,11?. The predicted octanol–water partition coefficient (Wildman–Crippen LogP) is 0.854. The zero-order valence-electron chi connectivity index (χ0n) is 11.6. The highest BCUT2D eigenvalue weighted by Crippen LogP contribution is 2.43. The molecular weight excluding hydrogens is 252 g/mol. The minimum absolute atomic E-state index is 0.485. The van der Waals surface area contributed by atoms with E-state index in [0.29, 0.717) is 35.3 Å². The van der Waals surface area contributed by atoms with Gasteiger partial charge < -0.3 is 16.4 Å². The van der Waals surface area contributed by atoms with Crippen molar-refractivity contribution in [1.82, 2.24) is 20.3 Å². The quantitative estimate of drug-likeness (QED) is 0.750. The van der Waals surface area contributed by atoms with Gasteiger partial charge in [-0.3, -0.25) is 0 Å². The largest absolute Gasteiger partial charge is 0.383 e. The van der Waals surface area contributed by atoms with Crippen molar-refractivity contribution >= 4 is 22.8 Å². The summed E-state index contributed by atoms with van der Waals surface area (Å²) in [6.07, 6.45) is 0. The van der Waals surface area contributed by atoms with Gasteiger partial charge in [0.2, 0.25) is 5.95 Å². The molecule has 1 aliphatic carbocycles. The molecule has 2 fully saturated rings. The van der Waals surface area contributed by atoms with Crippen molar-refractivity contribution in [2.24, 2.45) is 11.8 Å². The van der Waals surface area contributed by atoms with Crippen molar-refractivity contribution in [3.05, 3.63) is 17.3 Å². The first-order valence-electron chi connectivity index (χ1n) is 7.02. The number of pyridine rings is 1. The maximum Gasteiger partial charge on any atom is 0.226 e. The summed E-state index contributed by atoms with van der Waals surface area (Å²) in [4.78, 5) is 13.4. The van der Waals surface area contributed by atoms with Gasteiger partial charge in [-0.2, -0.15) is 9.97 Å². The lowest BCUT2D eigenvalue weighted by molar-refractivity contribution is 0.694. The third-order valence-electron chi connectivity index (χ3n) is 4.41. The second-order valence-corrected chi connectivity index (χ2v) is 5.87. The summed E-state index contributed by atoms with van der Waals surface area (Å²) >= 11 is 0. The number of piperidine rings is 1. The van der Waals surface area contributed by atoms with Crippen molar-refractivity contribution in [1.29, 1.82) is 0 Å². The predicted molar refractivity (Wildman–Crippen MR) is 78.5 cm³/mol. The molecule has 1 unspecified atom stereocenters. The third kappa shape index (κ3) is 1.71. The van der Waals surface area contributed by atoms with Crippen LogP contribution in [0.5, 0.6) is 0 Å². The van der Waals surface area contributed by atoms with E-state index >= 15 is 0 Å². The van der Waals surface area contributed by atoms with E-state index in [4.69, 9.17) is 5.73 Å². The molecule has 4 N–H and O–H groups in total. The van der Waals surface area contributed by atoms with Gasteiger partial charge in [-0.15, -0.1) is 0 Å². The minimum atomic E-state index is 0.485. The van der Waals surface area contributed by atoms with Crippen LogP contribution < -0.4 is 16.4 Å². The van der Waals surface area contributed by atoms with Gasteiger partial charge in [0, 0.05) is 24.8 Å². The molecule has 20 heavy (non-hydrogen) atoms. The Morgan fingerprint density at radius 1 is 1.20 bits per heavy atom. The Morgan fingerprint density at radius 2 is 1.95 bits per heavy atom. The van der Waals surface area contributed by atoms with E-state index in [1.54, 1.807) is 0 Å². The van der Waals surface area contributed by atoms with Crippen molar-refractivity contribution in [3.63, 3.8) is 0 Å². The van der Waals surface area contributed by atoms with Crippen LogP contribution in [0.1, 0.15) is 11.3 Å². The highest BCUT2D eigenvalue weighted by molar-refractivity contribution is 5.89. The van der Waals surface area contributed by atoms with Crippen molar-refractivity contribution in [2.45, 2.75) is 19.9 Å². The monoisotopic (exact) mass is 270 g/mol. The van der Waals surface area contributed by atoms with Gasteiger partial charge in [-0.1, -0.05) is 0 Å². The van der Waals surface area contributed by atoms with Crippen LogP contribution in [0.4, 0.5) is 11.8 Å². The first-order chi connectivity index (χ1) is 9.63. The third-order valence-corrected chi connectivity index (χ3v) is 4.41. The lowest BCUT2D eigenvalue weighted by atomic mass is 10.1. The normalized spacial score (nSPS) is 27.6. The number of nitrogen functional groups attached to an aromatic ring is 1. The minimum Gasteiger partial charge on any atom is -0.383 e. The van der Waals surface area contributed by atoms with Crippen LogP contribution in [0.3, 0.4) is 0 Å². The van der Waals surface area contributed by atoms with Gasteiger partial charge >= 0.3 is 0 Å². The van der Waals surface area contributed by atoms with E-state index in [2.05, 4.69) is 25.6 Å². The number of aromatic nitrogens is 3. The van der Waals surface area contributed by atoms with E-state index in [9.17, 15) is 0 Å². The molecule has 3 atom stereocenters. The van der Waals surface area contributed by atoms with Gasteiger partial charge in [0.1, 0.15) is 5.82 Å². The molecule has 0 radical (unpaired) electrons. The Kier molecular flexibility index (Phi) is 2.38. The number of aryl methyl sites for hydroxylation is 2.